The molecule has 8 heteroatoms. The quantitative estimate of drug-likeness (QED) is 0.326. The van der Waals surface area contributed by atoms with Crippen molar-refractivity contribution in [3.8, 4) is 11.5 Å². The fraction of sp³-hybridized carbons (Fsp3) is 0.0556. The van der Waals surface area contributed by atoms with Crippen LogP contribution in [0.5, 0.6) is 0 Å². The molecular formula is C18H13IN4O2S. The molecule has 0 aliphatic rings. The maximum absolute atomic E-state index is 12.1. The van der Waals surface area contributed by atoms with Crippen molar-refractivity contribution in [2.75, 3.05) is 11.1 Å². The normalized spacial score (nSPS) is 11.0. The summed E-state index contributed by atoms with van der Waals surface area (Å²) < 4.78 is 6.76. The highest BCUT2D eigenvalue weighted by Gasteiger charge is 2.14. The molecule has 0 fully saturated rings. The third-order valence-corrected chi connectivity index (χ3v) is 5.15. The number of anilines is 1. The predicted molar refractivity (Wildman–Crippen MR) is 110 cm³/mol. The summed E-state index contributed by atoms with van der Waals surface area (Å²) in [5, 5.41) is 12.3. The summed E-state index contributed by atoms with van der Waals surface area (Å²) in [6, 6.07) is 15.5. The van der Waals surface area contributed by atoms with Crippen LogP contribution in [-0.2, 0) is 4.79 Å². The first-order chi connectivity index (χ1) is 12.7. The van der Waals surface area contributed by atoms with E-state index in [4.69, 9.17) is 4.42 Å². The molecule has 130 valence electrons. The van der Waals surface area contributed by atoms with E-state index in [0.717, 1.165) is 25.7 Å². The van der Waals surface area contributed by atoms with Gasteiger partial charge in [0.1, 0.15) is 0 Å². The van der Waals surface area contributed by atoms with Crippen LogP contribution >= 0.6 is 34.4 Å². The number of hydrogen-bond acceptors (Lipinski definition) is 5. The predicted octanol–water partition coefficient (Wildman–Crippen LogP) is 4.55. The third-order valence-electron chi connectivity index (χ3n) is 3.66. The van der Waals surface area contributed by atoms with Crippen molar-refractivity contribution in [2.24, 2.45) is 0 Å². The number of halogens is 1. The minimum absolute atomic E-state index is 0.121. The van der Waals surface area contributed by atoms with Gasteiger partial charge in [-0.3, -0.25) is 4.79 Å². The third kappa shape index (κ3) is 3.75. The number of hydrogen-bond donors (Lipinski definition) is 2. The van der Waals surface area contributed by atoms with Gasteiger partial charge in [-0.1, -0.05) is 36.0 Å². The monoisotopic (exact) mass is 476 g/mol. The molecule has 4 aromatic rings. The van der Waals surface area contributed by atoms with E-state index in [2.05, 4.69) is 43.1 Å². The standard InChI is InChI=1S/C18H13IN4O2S/c19-11-4-3-5-12(8-11)21-16(24)10-26-18-23-22-17(25-18)14-9-20-15-7-2-1-6-13(14)15/h1-9,20H,10H2,(H,21,24). The zero-order chi connectivity index (χ0) is 17.9. The van der Waals surface area contributed by atoms with Crippen molar-refractivity contribution in [2.45, 2.75) is 5.22 Å². The topological polar surface area (TPSA) is 83.8 Å². The second kappa shape index (κ2) is 7.50. The zero-order valence-corrected chi connectivity index (χ0v) is 16.4. The summed E-state index contributed by atoms with van der Waals surface area (Å²) in [4.78, 5) is 15.3. The molecule has 0 unspecified atom stereocenters. The number of aromatic nitrogens is 3. The number of fused-ring (bicyclic) bond motifs is 1. The molecule has 26 heavy (non-hydrogen) atoms. The first kappa shape index (κ1) is 17.1. The van der Waals surface area contributed by atoms with Crippen LogP contribution in [0.2, 0.25) is 0 Å². The Labute approximate surface area is 166 Å². The summed E-state index contributed by atoms with van der Waals surface area (Å²) in [6.07, 6.45) is 1.84. The molecule has 0 spiro atoms. The molecule has 6 nitrogen and oxygen atoms in total. The number of carbonyl (C=O) groups is 1. The number of benzene rings is 2. The molecule has 0 saturated heterocycles. The van der Waals surface area contributed by atoms with Gasteiger partial charge in [0.05, 0.1) is 11.3 Å². The number of thioether (sulfide) groups is 1. The van der Waals surface area contributed by atoms with Crippen molar-refractivity contribution in [1.82, 2.24) is 15.2 Å². The molecule has 4 rings (SSSR count). The Balaban J connectivity index is 1.41. The van der Waals surface area contributed by atoms with E-state index >= 15 is 0 Å². The summed E-state index contributed by atoms with van der Waals surface area (Å²) in [6.45, 7) is 0. The number of nitrogens with one attached hydrogen (secondary N) is 2. The van der Waals surface area contributed by atoms with Crippen LogP contribution in [0.1, 0.15) is 0 Å². The van der Waals surface area contributed by atoms with Crippen LogP contribution in [-0.4, -0.2) is 26.8 Å². The van der Waals surface area contributed by atoms with E-state index in [9.17, 15) is 4.79 Å². The van der Waals surface area contributed by atoms with Gasteiger partial charge < -0.3 is 14.7 Å². The Kier molecular flexibility index (Phi) is 4.93. The van der Waals surface area contributed by atoms with E-state index in [-0.39, 0.29) is 11.7 Å². The van der Waals surface area contributed by atoms with Crippen LogP contribution in [0.15, 0.2) is 64.4 Å². The molecule has 0 atom stereocenters. The van der Waals surface area contributed by atoms with Crippen molar-refractivity contribution < 1.29 is 9.21 Å². The number of nitrogens with zero attached hydrogens (tertiary/aromatic N) is 2. The highest BCUT2D eigenvalue weighted by atomic mass is 127. The molecule has 2 N–H and O–H groups in total. The number of para-hydroxylation sites is 1. The fourth-order valence-electron chi connectivity index (χ4n) is 2.52. The highest BCUT2D eigenvalue weighted by Crippen LogP contribution is 2.29. The van der Waals surface area contributed by atoms with Gasteiger partial charge in [0.25, 0.3) is 11.1 Å². The number of amides is 1. The minimum atomic E-state index is -0.121. The lowest BCUT2D eigenvalue weighted by molar-refractivity contribution is -0.113. The maximum atomic E-state index is 12.1. The van der Waals surface area contributed by atoms with E-state index in [1.54, 1.807) is 0 Å². The molecule has 2 aromatic heterocycles. The van der Waals surface area contributed by atoms with E-state index in [0.29, 0.717) is 11.1 Å². The molecule has 0 saturated carbocycles. The summed E-state index contributed by atoms with van der Waals surface area (Å²) in [5.74, 6) is 0.507. The van der Waals surface area contributed by atoms with Crippen LogP contribution in [0.25, 0.3) is 22.4 Å². The lowest BCUT2D eigenvalue weighted by Gasteiger charge is -2.04. The van der Waals surface area contributed by atoms with Crippen LogP contribution in [0, 0.1) is 3.57 Å². The molecule has 0 radical (unpaired) electrons. The van der Waals surface area contributed by atoms with Crippen LogP contribution < -0.4 is 5.32 Å². The van der Waals surface area contributed by atoms with Gasteiger partial charge in [-0.25, -0.2) is 0 Å². The molecule has 0 aliphatic heterocycles. The number of carbonyl (C=O) groups excluding carboxylic acids is 1. The van der Waals surface area contributed by atoms with Gasteiger partial charge in [-0.05, 0) is 46.9 Å². The molecule has 1 amide bonds. The van der Waals surface area contributed by atoms with Gasteiger partial charge in [-0.15, -0.1) is 10.2 Å². The number of H-pyrrole nitrogens is 1. The van der Waals surface area contributed by atoms with Crippen molar-refractivity contribution in [3.05, 3.63) is 58.3 Å². The Bertz CT molecular complexity index is 1080. The molecular weight excluding hydrogens is 463 g/mol. The first-order valence-electron chi connectivity index (χ1n) is 7.77. The fourth-order valence-corrected chi connectivity index (χ4v) is 3.62. The molecule has 2 heterocycles. The molecule has 0 bridgehead atoms. The van der Waals surface area contributed by atoms with Crippen LogP contribution in [0.4, 0.5) is 5.69 Å². The number of aromatic amines is 1. The lowest BCUT2D eigenvalue weighted by Crippen LogP contribution is -2.13. The van der Waals surface area contributed by atoms with Gasteiger partial charge in [-0.2, -0.15) is 0 Å². The largest absolute Gasteiger partial charge is 0.411 e. The Morgan fingerprint density at radius 3 is 2.96 bits per heavy atom. The summed E-state index contributed by atoms with van der Waals surface area (Å²) >= 11 is 3.42. The SMILES string of the molecule is O=C(CSc1nnc(-c2c[nH]c3ccccc23)o1)Nc1cccc(I)c1. The van der Waals surface area contributed by atoms with Gasteiger partial charge in [0.2, 0.25) is 5.91 Å². The Morgan fingerprint density at radius 1 is 1.19 bits per heavy atom. The Morgan fingerprint density at radius 2 is 2.08 bits per heavy atom. The van der Waals surface area contributed by atoms with Crippen molar-refractivity contribution in [3.63, 3.8) is 0 Å². The summed E-state index contributed by atoms with van der Waals surface area (Å²) in [7, 11) is 0. The average molecular weight is 476 g/mol. The highest BCUT2D eigenvalue weighted by molar-refractivity contribution is 14.1. The van der Waals surface area contributed by atoms with E-state index in [1.807, 2.05) is 54.7 Å². The first-order valence-corrected chi connectivity index (χ1v) is 9.84. The van der Waals surface area contributed by atoms with Crippen molar-refractivity contribution in [1.29, 1.82) is 0 Å². The average Bonchev–Trinajstić information content (AvgIpc) is 3.26. The second-order valence-electron chi connectivity index (χ2n) is 5.47. The molecule has 0 aliphatic carbocycles. The summed E-state index contributed by atoms with van der Waals surface area (Å²) in [5.41, 5.74) is 2.63. The lowest BCUT2D eigenvalue weighted by atomic mass is 10.2. The second-order valence-corrected chi connectivity index (χ2v) is 7.64. The number of rotatable bonds is 5. The van der Waals surface area contributed by atoms with Gasteiger partial charge >= 0.3 is 0 Å². The van der Waals surface area contributed by atoms with Gasteiger partial charge in [0.15, 0.2) is 0 Å². The Hall–Kier alpha value is -2.33. The molecule has 2 aromatic carbocycles. The van der Waals surface area contributed by atoms with E-state index < -0.39 is 0 Å². The maximum Gasteiger partial charge on any atom is 0.277 e. The van der Waals surface area contributed by atoms with E-state index in [1.165, 1.54) is 11.8 Å². The van der Waals surface area contributed by atoms with Crippen molar-refractivity contribution >= 4 is 56.9 Å². The van der Waals surface area contributed by atoms with Crippen LogP contribution in [0.3, 0.4) is 0 Å². The zero-order valence-electron chi connectivity index (χ0n) is 13.4. The smallest absolute Gasteiger partial charge is 0.277 e. The van der Waals surface area contributed by atoms with Gasteiger partial charge in [0, 0.05) is 26.4 Å². The minimum Gasteiger partial charge on any atom is -0.411 e.